The first-order chi connectivity index (χ1) is 35.4. The number of aliphatic hydroxyl groups excluding tert-OH is 7. The molecular weight excluding hydrogens is 985 g/mol. The molecule has 0 unspecified atom stereocenters. The average Bonchev–Trinajstić information content (AvgIpc) is 3.64. The van der Waals surface area contributed by atoms with Gasteiger partial charge in [-0.05, 0) is 98.7 Å². The van der Waals surface area contributed by atoms with Gasteiger partial charge in [0.05, 0.1) is 46.2 Å². The first-order valence-corrected chi connectivity index (χ1v) is 26.5. The predicted molar refractivity (Wildman–Crippen MR) is 261 cm³/mol. The van der Waals surface area contributed by atoms with Crippen molar-refractivity contribution in [2.75, 3.05) is 34.0 Å². The molecule has 9 N–H and O–H groups in total. The van der Waals surface area contributed by atoms with Crippen molar-refractivity contribution in [2.45, 2.75) is 197 Å². The fraction of sp³-hybridized carbons (Fsp3) is 0.796. The molecule has 3 saturated heterocycles. The number of hydrogen-bond acceptors (Lipinski definition) is 21. The highest BCUT2D eigenvalue weighted by Gasteiger charge is 2.71. The molecule has 0 aromatic heterocycles. The Hall–Kier alpha value is -3.23. The molecule has 3 saturated carbocycles. The van der Waals surface area contributed by atoms with Crippen molar-refractivity contribution in [3.05, 3.63) is 35.4 Å². The quantitative estimate of drug-likeness (QED) is 0.0602. The highest BCUT2D eigenvalue weighted by atomic mass is 16.7. The minimum Gasteiger partial charge on any atom is -0.493 e. The second-order valence-corrected chi connectivity index (χ2v) is 23.1. The minimum atomic E-state index is -3.02. The number of esters is 1. The van der Waals surface area contributed by atoms with E-state index in [2.05, 4.69) is 13.0 Å². The van der Waals surface area contributed by atoms with Gasteiger partial charge in [-0.3, -0.25) is 14.4 Å². The van der Waals surface area contributed by atoms with Gasteiger partial charge in [0.15, 0.2) is 36.5 Å². The molecule has 75 heavy (non-hydrogen) atoms. The van der Waals surface area contributed by atoms with Gasteiger partial charge in [-0.2, -0.15) is 0 Å². The predicted octanol–water partition coefficient (Wildman–Crippen LogP) is 1.25. The van der Waals surface area contributed by atoms with Crippen molar-refractivity contribution < 1.29 is 103 Å². The van der Waals surface area contributed by atoms with Gasteiger partial charge in [0.25, 0.3) is 0 Å². The van der Waals surface area contributed by atoms with Crippen LogP contribution in [0.2, 0.25) is 0 Å². The van der Waals surface area contributed by atoms with Gasteiger partial charge in [0.1, 0.15) is 60.2 Å². The Bertz CT molecular complexity index is 2240. The molecule has 4 aliphatic carbocycles. The summed E-state index contributed by atoms with van der Waals surface area (Å²) in [6.45, 7) is 9.46. The summed E-state index contributed by atoms with van der Waals surface area (Å²) in [6, 6.07) is 3.97. The maximum atomic E-state index is 14.4. The Balaban J connectivity index is 1.08. The van der Waals surface area contributed by atoms with Crippen molar-refractivity contribution in [3.63, 3.8) is 0 Å². The third-order valence-electron chi connectivity index (χ3n) is 18.5. The second kappa shape index (κ2) is 22.5. The van der Waals surface area contributed by atoms with Crippen molar-refractivity contribution >= 4 is 17.5 Å². The molecule has 6 fully saturated rings. The summed E-state index contributed by atoms with van der Waals surface area (Å²) < 4.78 is 53.4. The van der Waals surface area contributed by atoms with Gasteiger partial charge in [0, 0.05) is 30.2 Å². The average molecular weight is 1070 g/mol. The molecule has 0 bridgehead atoms. The van der Waals surface area contributed by atoms with Gasteiger partial charge < -0.3 is 88.6 Å². The summed E-state index contributed by atoms with van der Waals surface area (Å²) in [6.07, 6.45) is -14.1. The molecule has 0 spiro atoms. The summed E-state index contributed by atoms with van der Waals surface area (Å²) in [5, 5.41) is 101. The van der Waals surface area contributed by atoms with Crippen LogP contribution >= 0.6 is 0 Å². The van der Waals surface area contributed by atoms with Crippen LogP contribution in [-0.2, 0) is 42.7 Å². The lowest BCUT2D eigenvalue weighted by Crippen LogP contribution is -2.70. The molecule has 7 aliphatic rings. The summed E-state index contributed by atoms with van der Waals surface area (Å²) in [7, 11) is 2.73. The van der Waals surface area contributed by atoms with E-state index in [1.165, 1.54) is 38.0 Å². The van der Waals surface area contributed by atoms with Crippen LogP contribution in [0.25, 0.3) is 0 Å². The van der Waals surface area contributed by atoms with Gasteiger partial charge in [-0.25, -0.2) is 0 Å². The van der Waals surface area contributed by atoms with Gasteiger partial charge in [0.2, 0.25) is 11.4 Å². The Kier molecular flexibility index (Phi) is 17.4. The molecule has 21 heteroatoms. The highest BCUT2D eigenvalue weighted by Crippen LogP contribution is 2.69. The Labute approximate surface area is 437 Å². The number of carbonyl (C=O) groups is 3. The van der Waals surface area contributed by atoms with E-state index in [1.54, 1.807) is 6.92 Å². The van der Waals surface area contributed by atoms with E-state index in [-0.39, 0.29) is 70.9 Å². The SMILES string of the molecule is COc1ccc(C(=O)[C@]2(O)[C@H](O[C@@H]3[C@@H](OC(C)=O)[C@H](O[C@H]4C[C@H]5[C@@H]6CC=C7C[C@@H](O[C@@H]8O[C@H](CO)[C@@H](O)[C@H](O)[C@H]8O)CC[C@]7(C)[C@H]6CC[C@]5(C)[C@@]4(O)[C@H](C)C(=O)CCC(C)C)OC[C@@H]3O)OC[C@@H](O)[C@@H]2O)cc1OC. The van der Waals surface area contributed by atoms with Gasteiger partial charge >= 0.3 is 5.97 Å². The zero-order chi connectivity index (χ0) is 54.7. The van der Waals surface area contributed by atoms with E-state index in [4.69, 9.17) is 42.6 Å². The molecule has 0 amide bonds. The number of benzene rings is 1. The van der Waals surface area contributed by atoms with E-state index in [0.717, 1.165) is 6.92 Å². The molecule has 3 aliphatic heterocycles. The van der Waals surface area contributed by atoms with Gasteiger partial charge in [-0.15, -0.1) is 0 Å². The van der Waals surface area contributed by atoms with E-state index in [1.807, 2.05) is 20.8 Å². The summed E-state index contributed by atoms with van der Waals surface area (Å²) in [5.74, 6) is -2.57. The fourth-order valence-corrected chi connectivity index (χ4v) is 14.1. The van der Waals surface area contributed by atoms with Crippen LogP contribution < -0.4 is 9.47 Å². The van der Waals surface area contributed by atoms with Crippen LogP contribution in [0.1, 0.15) is 110 Å². The summed E-state index contributed by atoms with van der Waals surface area (Å²) in [4.78, 5) is 41.7. The number of fused-ring (bicyclic) bond motifs is 5. The Morgan fingerprint density at radius 2 is 1.52 bits per heavy atom. The topological polar surface area (TPSA) is 316 Å². The number of carbonyl (C=O) groups excluding carboxylic acids is 3. The fourth-order valence-electron chi connectivity index (χ4n) is 14.1. The molecular formula is C54H80O21. The third kappa shape index (κ3) is 10.2. The van der Waals surface area contributed by atoms with E-state index in [0.29, 0.717) is 44.9 Å². The first-order valence-electron chi connectivity index (χ1n) is 26.5. The lowest BCUT2D eigenvalue weighted by molar-refractivity contribution is -0.355. The summed E-state index contributed by atoms with van der Waals surface area (Å²) >= 11 is 0. The van der Waals surface area contributed by atoms with Crippen molar-refractivity contribution in [2.24, 2.45) is 40.4 Å². The number of allylic oxidation sites excluding steroid dienone is 1. The molecule has 22 atom stereocenters. The number of Topliss-reactive ketones (excluding diaryl/α,β-unsaturated/α-hetero) is 2. The molecule has 8 rings (SSSR count). The van der Waals surface area contributed by atoms with Crippen LogP contribution in [0.15, 0.2) is 29.8 Å². The Morgan fingerprint density at radius 3 is 2.19 bits per heavy atom. The van der Waals surface area contributed by atoms with Crippen LogP contribution in [0.3, 0.4) is 0 Å². The first kappa shape index (κ1) is 57.9. The molecule has 21 nitrogen and oxygen atoms in total. The van der Waals surface area contributed by atoms with Crippen LogP contribution in [0.5, 0.6) is 11.5 Å². The number of ketones is 2. The van der Waals surface area contributed by atoms with Crippen LogP contribution in [0, 0.1) is 40.4 Å². The lowest BCUT2D eigenvalue weighted by atomic mass is 9.46. The van der Waals surface area contributed by atoms with Crippen molar-refractivity contribution in [3.8, 4) is 11.5 Å². The smallest absolute Gasteiger partial charge is 0.303 e. The number of rotatable bonds is 17. The largest absolute Gasteiger partial charge is 0.493 e. The van der Waals surface area contributed by atoms with Crippen molar-refractivity contribution in [1.82, 2.24) is 0 Å². The van der Waals surface area contributed by atoms with Crippen LogP contribution in [-0.4, -0.2) is 195 Å². The molecule has 0 radical (unpaired) electrons. The number of methoxy groups -OCH3 is 2. The maximum Gasteiger partial charge on any atom is 0.303 e. The lowest BCUT2D eigenvalue weighted by Gasteiger charge is -2.59. The van der Waals surface area contributed by atoms with Crippen molar-refractivity contribution in [1.29, 1.82) is 0 Å². The zero-order valence-corrected chi connectivity index (χ0v) is 44.2. The number of ether oxygens (including phenoxy) is 9. The molecule has 1 aromatic carbocycles. The number of hydrogen-bond donors (Lipinski definition) is 9. The van der Waals surface area contributed by atoms with Gasteiger partial charge in [-0.1, -0.05) is 46.3 Å². The number of aliphatic hydroxyl groups is 9. The highest BCUT2D eigenvalue weighted by molar-refractivity contribution is 6.03. The normalized spacial score (nSPS) is 44.1. The summed E-state index contributed by atoms with van der Waals surface area (Å²) in [5.41, 5.74) is -5.03. The van der Waals surface area contributed by atoms with E-state index >= 15 is 0 Å². The van der Waals surface area contributed by atoms with Crippen LogP contribution in [0.4, 0.5) is 0 Å². The standard InChI is InChI=1S/C54H80O21/c1-25(2)9-13-34(57)26(3)54(66)40(21-33-31-12-11-29-20-30(15-17-51(29,5)32(31)16-18-52(33,54)6)72-48-43(62)42(61)41(60)39(22-55)73-48)74-49-45(71-27(4)56)44(35(58)23-69-49)75-50-53(65,47(64)36(59)24-70-50)46(63)28-10-14-37(67-7)38(19-28)68-8/h10-11,14,19,25-26,30-33,35-36,39-45,47-50,55,58-62,64-66H,9,12-13,15-18,20-24H2,1-8H3/t26-,30+,31-,32+,33+,35+,36-,39-,40+,41-,42+,43-,44+,45-,47+,48-,49+,50+,51+,52+,53-,54-/m1/s1. The monoisotopic (exact) mass is 1060 g/mol. The molecule has 422 valence electrons. The minimum absolute atomic E-state index is 0.0130. The Morgan fingerprint density at radius 1 is 0.813 bits per heavy atom. The van der Waals surface area contributed by atoms with E-state index < -0.39 is 134 Å². The zero-order valence-electron chi connectivity index (χ0n) is 44.2. The molecule has 1 aromatic rings. The maximum absolute atomic E-state index is 14.4. The third-order valence-corrected chi connectivity index (χ3v) is 18.5. The second-order valence-electron chi connectivity index (χ2n) is 23.1. The van der Waals surface area contributed by atoms with E-state index in [9.17, 15) is 60.3 Å². The molecule has 3 heterocycles.